The Balaban J connectivity index is 1.99. The van der Waals surface area contributed by atoms with Crippen molar-refractivity contribution in [1.82, 2.24) is 9.97 Å². The number of aromatic nitrogens is 2. The van der Waals surface area contributed by atoms with E-state index >= 15 is 0 Å². The molecule has 1 aliphatic heterocycles. The minimum Gasteiger partial charge on any atom is -0.376 e. The molecule has 2 unspecified atom stereocenters. The fourth-order valence-corrected chi connectivity index (χ4v) is 3.34. The number of aryl methyl sites for hydroxylation is 1. The lowest BCUT2D eigenvalue weighted by Gasteiger charge is -2.17. The smallest absolute Gasteiger partial charge is 0.223 e. The number of ether oxygens (including phenoxy) is 1. The van der Waals surface area contributed by atoms with Crippen molar-refractivity contribution < 1.29 is 4.74 Å². The minimum atomic E-state index is 0.204. The fraction of sp³-hybridized carbons (Fsp3) is 0.538. The molecule has 19 heavy (non-hydrogen) atoms. The molecule has 1 fully saturated rings. The minimum absolute atomic E-state index is 0.204. The number of nitrogens with one attached hydrogen (secondary N) is 1. The standard InChI is InChI=1S/C13H18N4OS/c1-3-8-6-9-11(15-10-4-5-18-7(10)2)16-13(14)17-12(9)19-8/h6-7,10H,3-5H2,1-2H3,(H3,14,15,16,17). The van der Waals surface area contributed by atoms with E-state index in [1.54, 1.807) is 11.3 Å². The first-order valence-electron chi connectivity index (χ1n) is 6.61. The van der Waals surface area contributed by atoms with Crippen LogP contribution in [0.1, 0.15) is 25.1 Å². The molecule has 6 heteroatoms. The monoisotopic (exact) mass is 278 g/mol. The van der Waals surface area contributed by atoms with Gasteiger partial charge in [-0.05, 0) is 25.8 Å². The highest BCUT2D eigenvalue weighted by Gasteiger charge is 2.25. The van der Waals surface area contributed by atoms with Crippen molar-refractivity contribution in [2.75, 3.05) is 17.7 Å². The van der Waals surface area contributed by atoms with E-state index in [1.165, 1.54) is 4.88 Å². The lowest BCUT2D eigenvalue weighted by molar-refractivity contribution is 0.121. The van der Waals surface area contributed by atoms with Gasteiger partial charge in [-0.1, -0.05) is 6.92 Å². The zero-order chi connectivity index (χ0) is 13.4. The number of hydrogen-bond acceptors (Lipinski definition) is 6. The number of fused-ring (bicyclic) bond motifs is 1. The van der Waals surface area contributed by atoms with Gasteiger partial charge >= 0.3 is 0 Å². The van der Waals surface area contributed by atoms with Gasteiger partial charge in [-0.3, -0.25) is 0 Å². The Hall–Kier alpha value is -1.40. The van der Waals surface area contributed by atoms with Gasteiger partial charge in [0.15, 0.2) is 0 Å². The lowest BCUT2D eigenvalue weighted by atomic mass is 10.1. The maximum absolute atomic E-state index is 5.80. The maximum atomic E-state index is 5.80. The SMILES string of the molecule is CCc1cc2c(NC3CCOC3C)nc(N)nc2s1. The molecule has 0 spiro atoms. The molecule has 3 rings (SSSR count). The Morgan fingerprint density at radius 1 is 1.53 bits per heavy atom. The molecule has 2 aromatic rings. The summed E-state index contributed by atoms with van der Waals surface area (Å²) in [5.74, 6) is 1.16. The van der Waals surface area contributed by atoms with Crippen molar-refractivity contribution in [3.8, 4) is 0 Å². The molecule has 1 aliphatic rings. The van der Waals surface area contributed by atoms with Gasteiger partial charge in [-0.2, -0.15) is 4.98 Å². The highest BCUT2D eigenvalue weighted by Crippen LogP contribution is 2.31. The molecule has 0 aliphatic carbocycles. The van der Waals surface area contributed by atoms with Crippen LogP contribution in [0.15, 0.2) is 6.07 Å². The van der Waals surface area contributed by atoms with Gasteiger partial charge in [-0.15, -0.1) is 11.3 Å². The van der Waals surface area contributed by atoms with Gasteiger partial charge in [0, 0.05) is 11.5 Å². The van der Waals surface area contributed by atoms with E-state index in [0.29, 0.717) is 12.0 Å². The summed E-state index contributed by atoms with van der Waals surface area (Å²) in [6.07, 6.45) is 2.20. The van der Waals surface area contributed by atoms with Crippen LogP contribution in [-0.2, 0) is 11.2 Å². The van der Waals surface area contributed by atoms with E-state index in [4.69, 9.17) is 10.5 Å². The average molecular weight is 278 g/mol. The maximum Gasteiger partial charge on any atom is 0.223 e. The number of nitrogen functional groups attached to an aromatic ring is 1. The van der Waals surface area contributed by atoms with Crippen LogP contribution in [0.3, 0.4) is 0 Å². The third kappa shape index (κ3) is 2.37. The Morgan fingerprint density at radius 3 is 3.05 bits per heavy atom. The molecule has 3 heterocycles. The summed E-state index contributed by atoms with van der Waals surface area (Å²) < 4.78 is 5.57. The van der Waals surface area contributed by atoms with Crippen LogP contribution in [0.25, 0.3) is 10.2 Å². The quantitative estimate of drug-likeness (QED) is 0.902. The molecule has 2 atom stereocenters. The van der Waals surface area contributed by atoms with Crippen LogP contribution in [-0.4, -0.2) is 28.7 Å². The number of nitrogens with zero attached hydrogens (tertiary/aromatic N) is 2. The number of rotatable bonds is 3. The van der Waals surface area contributed by atoms with Crippen LogP contribution in [0.2, 0.25) is 0 Å². The van der Waals surface area contributed by atoms with E-state index in [-0.39, 0.29) is 6.10 Å². The third-order valence-electron chi connectivity index (χ3n) is 3.51. The molecule has 1 saturated heterocycles. The van der Waals surface area contributed by atoms with Crippen molar-refractivity contribution in [3.05, 3.63) is 10.9 Å². The molecule has 0 amide bonds. The molecular formula is C13H18N4OS. The van der Waals surface area contributed by atoms with Crippen molar-refractivity contribution >= 4 is 33.3 Å². The normalized spacial score (nSPS) is 23.1. The summed E-state index contributed by atoms with van der Waals surface area (Å²) in [5, 5.41) is 4.53. The first kappa shape index (κ1) is 12.6. The zero-order valence-electron chi connectivity index (χ0n) is 11.1. The summed E-state index contributed by atoms with van der Waals surface area (Å²) in [6.45, 7) is 5.02. The predicted octanol–water partition coefficient (Wildman–Crippen LogP) is 2.43. The van der Waals surface area contributed by atoms with Crippen LogP contribution in [0.5, 0.6) is 0 Å². The first-order chi connectivity index (χ1) is 9.17. The molecule has 102 valence electrons. The Morgan fingerprint density at radius 2 is 2.37 bits per heavy atom. The second-order valence-electron chi connectivity index (χ2n) is 4.83. The van der Waals surface area contributed by atoms with E-state index in [9.17, 15) is 0 Å². The fourth-order valence-electron chi connectivity index (χ4n) is 2.37. The second-order valence-corrected chi connectivity index (χ2v) is 5.95. The van der Waals surface area contributed by atoms with E-state index in [0.717, 1.165) is 35.5 Å². The van der Waals surface area contributed by atoms with E-state index in [2.05, 4.69) is 35.2 Å². The summed E-state index contributed by atoms with van der Waals surface area (Å²) >= 11 is 1.68. The van der Waals surface area contributed by atoms with Crippen LogP contribution < -0.4 is 11.1 Å². The van der Waals surface area contributed by atoms with Crippen molar-refractivity contribution in [2.24, 2.45) is 0 Å². The molecule has 5 nitrogen and oxygen atoms in total. The molecule has 0 aromatic carbocycles. The van der Waals surface area contributed by atoms with Gasteiger partial charge in [0.25, 0.3) is 0 Å². The Kier molecular flexibility index (Phi) is 3.28. The summed E-state index contributed by atoms with van der Waals surface area (Å²) in [5.41, 5.74) is 5.80. The average Bonchev–Trinajstić information content (AvgIpc) is 2.96. The number of thiophene rings is 1. The van der Waals surface area contributed by atoms with Crippen molar-refractivity contribution in [3.63, 3.8) is 0 Å². The number of nitrogens with two attached hydrogens (primary N) is 1. The van der Waals surface area contributed by atoms with Gasteiger partial charge < -0.3 is 15.8 Å². The van der Waals surface area contributed by atoms with E-state index in [1.807, 2.05) is 0 Å². The Bertz CT molecular complexity index is 598. The highest BCUT2D eigenvalue weighted by molar-refractivity contribution is 7.18. The largest absolute Gasteiger partial charge is 0.376 e. The van der Waals surface area contributed by atoms with Gasteiger partial charge in [0.05, 0.1) is 17.5 Å². The first-order valence-corrected chi connectivity index (χ1v) is 7.43. The summed E-state index contributed by atoms with van der Waals surface area (Å²) in [4.78, 5) is 10.9. The molecule has 0 bridgehead atoms. The van der Waals surface area contributed by atoms with Gasteiger partial charge in [-0.25, -0.2) is 4.98 Å². The van der Waals surface area contributed by atoms with E-state index < -0.39 is 0 Å². The van der Waals surface area contributed by atoms with Gasteiger partial charge in [0.2, 0.25) is 5.95 Å². The highest BCUT2D eigenvalue weighted by atomic mass is 32.1. The van der Waals surface area contributed by atoms with Crippen LogP contribution in [0.4, 0.5) is 11.8 Å². The molecule has 0 saturated carbocycles. The summed E-state index contributed by atoms with van der Waals surface area (Å²) in [6, 6.07) is 2.45. The van der Waals surface area contributed by atoms with Crippen molar-refractivity contribution in [1.29, 1.82) is 0 Å². The third-order valence-corrected chi connectivity index (χ3v) is 4.68. The van der Waals surface area contributed by atoms with Crippen molar-refractivity contribution in [2.45, 2.75) is 38.8 Å². The van der Waals surface area contributed by atoms with Crippen LogP contribution in [0, 0.1) is 0 Å². The Labute approximate surface area is 116 Å². The van der Waals surface area contributed by atoms with Gasteiger partial charge in [0.1, 0.15) is 10.6 Å². The zero-order valence-corrected chi connectivity index (χ0v) is 12.0. The lowest BCUT2D eigenvalue weighted by Crippen LogP contribution is -2.27. The second kappa shape index (κ2) is 4.94. The predicted molar refractivity (Wildman–Crippen MR) is 78.6 cm³/mol. The number of hydrogen-bond donors (Lipinski definition) is 2. The number of anilines is 2. The topological polar surface area (TPSA) is 73.1 Å². The molecule has 2 aromatic heterocycles. The molecule has 0 radical (unpaired) electrons. The molecule has 3 N–H and O–H groups in total. The van der Waals surface area contributed by atoms with Crippen LogP contribution >= 0.6 is 11.3 Å². The molecular weight excluding hydrogens is 260 g/mol. The summed E-state index contributed by atoms with van der Waals surface area (Å²) in [7, 11) is 0.